The van der Waals surface area contributed by atoms with Crippen molar-refractivity contribution in [1.82, 2.24) is 4.57 Å². The Kier molecular flexibility index (Phi) is 2.29. The summed E-state index contributed by atoms with van der Waals surface area (Å²) in [6.45, 7) is 0. The van der Waals surface area contributed by atoms with Crippen LogP contribution in [-0.2, 0) is 6.42 Å². The highest BCUT2D eigenvalue weighted by Crippen LogP contribution is 2.41. The highest BCUT2D eigenvalue weighted by molar-refractivity contribution is 7.11. The van der Waals surface area contributed by atoms with E-state index in [1.54, 1.807) is 7.11 Å². The maximum atomic E-state index is 5.32. The second kappa shape index (κ2) is 4.00. The minimum Gasteiger partial charge on any atom is -0.497 e. The van der Waals surface area contributed by atoms with E-state index in [9.17, 15) is 0 Å². The molecule has 19 heavy (non-hydrogen) atoms. The molecule has 0 saturated carbocycles. The second-order valence-corrected chi connectivity index (χ2v) is 5.66. The maximum Gasteiger partial charge on any atom is 0.119 e. The third-order valence-electron chi connectivity index (χ3n) is 3.63. The van der Waals surface area contributed by atoms with E-state index in [0.29, 0.717) is 0 Å². The maximum absolute atomic E-state index is 5.32. The molecule has 2 nitrogen and oxygen atoms in total. The van der Waals surface area contributed by atoms with Gasteiger partial charge < -0.3 is 9.30 Å². The van der Waals surface area contributed by atoms with Crippen molar-refractivity contribution in [1.29, 1.82) is 0 Å². The first-order valence-electron chi connectivity index (χ1n) is 6.28. The van der Waals surface area contributed by atoms with Gasteiger partial charge in [0.05, 0.1) is 12.8 Å². The van der Waals surface area contributed by atoms with Crippen LogP contribution in [0.15, 0.2) is 48.0 Å². The zero-order chi connectivity index (χ0) is 12.8. The molecule has 4 rings (SSSR count). The molecule has 1 aromatic carbocycles. The van der Waals surface area contributed by atoms with Gasteiger partial charge in [0.25, 0.3) is 0 Å². The Hall–Kier alpha value is -2.00. The predicted molar refractivity (Wildman–Crippen MR) is 78.4 cm³/mol. The Morgan fingerprint density at radius 1 is 1.21 bits per heavy atom. The van der Waals surface area contributed by atoms with E-state index in [-0.39, 0.29) is 0 Å². The molecule has 0 aliphatic carbocycles. The zero-order valence-electron chi connectivity index (χ0n) is 10.6. The van der Waals surface area contributed by atoms with E-state index < -0.39 is 0 Å². The monoisotopic (exact) mass is 267 g/mol. The van der Waals surface area contributed by atoms with Gasteiger partial charge in [-0.15, -0.1) is 11.3 Å². The average molecular weight is 267 g/mol. The number of hydrogen-bond donors (Lipinski definition) is 0. The molecule has 94 valence electrons. The van der Waals surface area contributed by atoms with Gasteiger partial charge in [0.15, 0.2) is 0 Å². The number of thiophene rings is 1. The number of methoxy groups -OCH3 is 1. The summed E-state index contributed by atoms with van der Waals surface area (Å²) in [5, 5.41) is 2.25. The minimum atomic E-state index is 0.906. The Labute approximate surface area is 115 Å². The van der Waals surface area contributed by atoms with Gasteiger partial charge in [0.1, 0.15) is 5.75 Å². The number of nitrogens with zero attached hydrogens (tertiary/aromatic N) is 1. The van der Waals surface area contributed by atoms with Crippen LogP contribution in [0.2, 0.25) is 0 Å². The van der Waals surface area contributed by atoms with Crippen molar-refractivity contribution in [2.24, 2.45) is 0 Å². The van der Waals surface area contributed by atoms with Gasteiger partial charge in [-0.05, 0) is 29.8 Å². The lowest BCUT2D eigenvalue weighted by molar-refractivity contribution is 0.415. The third kappa shape index (κ3) is 1.55. The summed E-state index contributed by atoms with van der Waals surface area (Å²) in [6, 6.07) is 12.6. The van der Waals surface area contributed by atoms with Gasteiger partial charge in [0, 0.05) is 34.1 Å². The fourth-order valence-corrected chi connectivity index (χ4v) is 3.78. The standard InChI is InChI=1S/C16H13NOS/c1-18-13-6-2-4-11(8-13)14-10-19-15-9-12-5-3-7-17(12)16(14)15/h2-8,10H,9H2,1H3. The van der Waals surface area contributed by atoms with E-state index >= 15 is 0 Å². The number of rotatable bonds is 2. The number of aromatic nitrogens is 1. The molecule has 0 spiro atoms. The molecule has 0 saturated heterocycles. The molecule has 1 aliphatic rings. The topological polar surface area (TPSA) is 14.2 Å². The van der Waals surface area contributed by atoms with Gasteiger partial charge >= 0.3 is 0 Å². The number of hydrogen-bond acceptors (Lipinski definition) is 2. The molecule has 3 aromatic rings. The van der Waals surface area contributed by atoms with Gasteiger partial charge in [0.2, 0.25) is 0 Å². The minimum absolute atomic E-state index is 0.906. The Morgan fingerprint density at radius 3 is 3.05 bits per heavy atom. The van der Waals surface area contributed by atoms with Crippen LogP contribution in [0.4, 0.5) is 0 Å². The van der Waals surface area contributed by atoms with Crippen molar-refractivity contribution >= 4 is 11.3 Å². The molecule has 0 unspecified atom stereocenters. The van der Waals surface area contributed by atoms with E-state index in [2.05, 4.69) is 40.4 Å². The predicted octanol–water partition coefficient (Wildman–Crippen LogP) is 4.12. The van der Waals surface area contributed by atoms with Crippen LogP contribution in [-0.4, -0.2) is 11.7 Å². The van der Waals surface area contributed by atoms with Crippen LogP contribution in [0.1, 0.15) is 10.6 Å². The van der Waals surface area contributed by atoms with Crippen molar-refractivity contribution in [3.8, 4) is 22.6 Å². The van der Waals surface area contributed by atoms with E-state index in [1.807, 2.05) is 23.5 Å². The molecule has 1 aliphatic heterocycles. The van der Waals surface area contributed by atoms with Crippen molar-refractivity contribution in [3.63, 3.8) is 0 Å². The van der Waals surface area contributed by atoms with Gasteiger partial charge in [-0.3, -0.25) is 0 Å². The summed E-state index contributed by atoms with van der Waals surface area (Å²) in [7, 11) is 1.71. The van der Waals surface area contributed by atoms with Gasteiger partial charge in [-0.2, -0.15) is 0 Å². The average Bonchev–Trinajstić information content (AvgIpc) is 3.10. The van der Waals surface area contributed by atoms with E-state index in [0.717, 1.165) is 12.2 Å². The van der Waals surface area contributed by atoms with Crippen LogP contribution in [0, 0.1) is 0 Å². The fourth-order valence-electron chi connectivity index (χ4n) is 2.72. The summed E-state index contributed by atoms with van der Waals surface area (Å²) in [5.74, 6) is 0.906. The summed E-state index contributed by atoms with van der Waals surface area (Å²) in [6.07, 6.45) is 3.20. The van der Waals surface area contributed by atoms with Gasteiger partial charge in [-0.25, -0.2) is 0 Å². The van der Waals surface area contributed by atoms with Gasteiger partial charge in [-0.1, -0.05) is 12.1 Å². The second-order valence-electron chi connectivity index (χ2n) is 4.70. The molecular weight excluding hydrogens is 254 g/mol. The van der Waals surface area contributed by atoms with Crippen molar-refractivity contribution in [2.75, 3.05) is 7.11 Å². The molecule has 0 fully saturated rings. The fraction of sp³-hybridized carbons (Fsp3) is 0.125. The number of ether oxygens (including phenoxy) is 1. The first-order valence-corrected chi connectivity index (χ1v) is 7.16. The number of fused-ring (bicyclic) bond motifs is 3. The first-order chi connectivity index (χ1) is 9.36. The summed E-state index contributed by atoms with van der Waals surface area (Å²) in [4.78, 5) is 1.45. The Balaban J connectivity index is 1.91. The van der Waals surface area contributed by atoms with Crippen LogP contribution in [0.25, 0.3) is 16.8 Å². The summed E-state index contributed by atoms with van der Waals surface area (Å²) >= 11 is 1.85. The molecular formula is C16H13NOS. The zero-order valence-corrected chi connectivity index (χ0v) is 11.4. The van der Waals surface area contributed by atoms with Crippen molar-refractivity contribution < 1.29 is 4.74 Å². The van der Waals surface area contributed by atoms with E-state index in [4.69, 9.17) is 4.74 Å². The molecule has 0 atom stereocenters. The van der Waals surface area contributed by atoms with Crippen LogP contribution in [0.3, 0.4) is 0 Å². The molecule has 0 N–H and O–H groups in total. The lowest BCUT2D eigenvalue weighted by atomic mass is 10.1. The Bertz CT molecular complexity index is 754. The molecule has 0 radical (unpaired) electrons. The highest BCUT2D eigenvalue weighted by atomic mass is 32.1. The smallest absolute Gasteiger partial charge is 0.119 e. The van der Waals surface area contributed by atoms with Crippen molar-refractivity contribution in [3.05, 3.63) is 58.5 Å². The molecule has 2 aromatic heterocycles. The van der Waals surface area contributed by atoms with Crippen LogP contribution < -0.4 is 4.74 Å². The normalized spacial score (nSPS) is 12.3. The molecule has 3 heteroatoms. The summed E-state index contributed by atoms with van der Waals surface area (Å²) < 4.78 is 7.63. The largest absolute Gasteiger partial charge is 0.497 e. The lowest BCUT2D eigenvalue weighted by Crippen LogP contribution is -1.91. The molecule has 0 bridgehead atoms. The first kappa shape index (κ1) is 10.9. The lowest BCUT2D eigenvalue weighted by Gasteiger charge is -2.07. The Morgan fingerprint density at radius 2 is 2.16 bits per heavy atom. The SMILES string of the molecule is COc1cccc(-c2csc3c2-n2cccc2C3)c1. The summed E-state index contributed by atoms with van der Waals surface area (Å²) in [5.41, 5.74) is 5.25. The van der Waals surface area contributed by atoms with Crippen LogP contribution >= 0.6 is 11.3 Å². The third-order valence-corrected chi connectivity index (χ3v) is 4.61. The van der Waals surface area contributed by atoms with E-state index in [1.165, 1.54) is 27.4 Å². The number of benzene rings is 1. The molecule has 0 amide bonds. The van der Waals surface area contributed by atoms with Crippen molar-refractivity contribution in [2.45, 2.75) is 6.42 Å². The quantitative estimate of drug-likeness (QED) is 0.533. The highest BCUT2D eigenvalue weighted by Gasteiger charge is 2.23. The molecule has 3 heterocycles. The van der Waals surface area contributed by atoms with Crippen LogP contribution in [0.5, 0.6) is 5.75 Å².